The van der Waals surface area contributed by atoms with Crippen molar-refractivity contribution in [3.63, 3.8) is 0 Å². The van der Waals surface area contributed by atoms with Gasteiger partial charge in [0.05, 0.1) is 5.69 Å². The van der Waals surface area contributed by atoms with E-state index in [1.807, 2.05) is 20.9 Å². The van der Waals surface area contributed by atoms with E-state index in [1.54, 1.807) is 0 Å². The zero-order valence-electron chi connectivity index (χ0n) is 10.4. The second-order valence-electron chi connectivity index (χ2n) is 4.67. The molecule has 1 atom stereocenters. The first-order valence-corrected chi connectivity index (χ1v) is 6.02. The van der Waals surface area contributed by atoms with Gasteiger partial charge in [-0.05, 0) is 40.3 Å². The Labute approximate surface area is 97.0 Å². The number of hydrogen-bond donors (Lipinski definition) is 1. The van der Waals surface area contributed by atoms with Crippen LogP contribution in [-0.2, 0) is 6.54 Å². The molecule has 0 saturated carbocycles. The van der Waals surface area contributed by atoms with Crippen molar-refractivity contribution in [2.75, 3.05) is 20.1 Å². The SMILES string of the molecule is CNC1CCCN(Cc2c(C)noc2C)C1. The highest BCUT2D eigenvalue weighted by Gasteiger charge is 2.20. The third-order valence-electron chi connectivity index (χ3n) is 3.48. The van der Waals surface area contributed by atoms with Gasteiger partial charge in [-0.1, -0.05) is 5.16 Å². The molecule has 0 aromatic carbocycles. The Morgan fingerprint density at radius 2 is 2.31 bits per heavy atom. The zero-order valence-corrected chi connectivity index (χ0v) is 10.4. The number of aromatic nitrogens is 1. The Bertz CT molecular complexity index is 329. The summed E-state index contributed by atoms with van der Waals surface area (Å²) < 4.78 is 5.20. The van der Waals surface area contributed by atoms with Crippen molar-refractivity contribution in [2.24, 2.45) is 0 Å². The fourth-order valence-corrected chi connectivity index (χ4v) is 2.39. The molecule has 0 aliphatic carbocycles. The van der Waals surface area contributed by atoms with Crippen LogP contribution >= 0.6 is 0 Å². The van der Waals surface area contributed by atoms with Gasteiger partial charge < -0.3 is 9.84 Å². The lowest BCUT2D eigenvalue weighted by molar-refractivity contribution is 0.187. The van der Waals surface area contributed by atoms with E-state index in [0.717, 1.165) is 24.5 Å². The average molecular weight is 223 g/mol. The second kappa shape index (κ2) is 4.97. The van der Waals surface area contributed by atoms with Gasteiger partial charge in [-0.25, -0.2) is 0 Å². The summed E-state index contributed by atoms with van der Waals surface area (Å²) in [6, 6.07) is 0.634. The van der Waals surface area contributed by atoms with Gasteiger partial charge in [-0.15, -0.1) is 0 Å². The van der Waals surface area contributed by atoms with Crippen molar-refractivity contribution < 1.29 is 4.52 Å². The highest BCUT2D eigenvalue weighted by Crippen LogP contribution is 2.18. The summed E-state index contributed by atoms with van der Waals surface area (Å²) in [5.74, 6) is 0.962. The molecule has 16 heavy (non-hydrogen) atoms. The summed E-state index contributed by atoms with van der Waals surface area (Å²) in [7, 11) is 2.05. The van der Waals surface area contributed by atoms with E-state index in [1.165, 1.54) is 24.9 Å². The molecule has 90 valence electrons. The van der Waals surface area contributed by atoms with Gasteiger partial charge in [-0.3, -0.25) is 4.90 Å². The lowest BCUT2D eigenvalue weighted by Crippen LogP contribution is -2.43. The summed E-state index contributed by atoms with van der Waals surface area (Å²) in [6.45, 7) is 7.29. The third-order valence-corrected chi connectivity index (χ3v) is 3.48. The van der Waals surface area contributed by atoms with E-state index in [9.17, 15) is 0 Å². The Kier molecular flexibility index (Phi) is 3.61. The number of rotatable bonds is 3. The van der Waals surface area contributed by atoms with Crippen molar-refractivity contribution in [2.45, 2.75) is 39.3 Å². The predicted molar refractivity (Wildman–Crippen MR) is 63.3 cm³/mol. The van der Waals surface area contributed by atoms with Crippen LogP contribution in [0, 0.1) is 13.8 Å². The first-order chi connectivity index (χ1) is 7.70. The Morgan fingerprint density at radius 1 is 1.50 bits per heavy atom. The molecule has 0 bridgehead atoms. The monoisotopic (exact) mass is 223 g/mol. The maximum absolute atomic E-state index is 5.20. The molecule has 1 aliphatic rings. The van der Waals surface area contributed by atoms with Crippen LogP contribution in [0.1, 0.15) is 29.9 Å². The van der Waals surface area contributed by atoms with Gasteiger partial charge >= 0.3 is 0 Å². The van der Waals surface area contributed by atoms with Gasteiger partial charge in [-0.2, -0.15) is 0 Å². The molecular formula is C12H21N3O. The number of likely N-dealkylation sites (tertiary alicyclic amines) is 1. The summed E-state index contributed by atoms with van der Waals surface area (Å²) in [4.78, 5) is 2.48. The van der Waals surface area contributed by atoms with Crippen LogP contribution in [0.15, 0.2) is 4.52 Å². The van der Waals surface area contributed by atoms with E-state index in [0.29, 0.717) is 6.04 Å². The molecule has 1 aliphatic heterocycles. The average Bonchev–Trinajstić information content (AvgIpc) is 2.61. The molecule has 0 spiro atoms. The molecule has 1 saturated heterocycles. The first-order valence-electron chi connectivity index (χ1n) is 6.02. The third kappa shape index (κ3) is 2.44. The number of nitrogens with zero attached hydrogens (tertiary/aromatic N) is 2. The largest absolute Gasteiger partial charge is 0.361 e. The normalized spacial score (nSPS) is 22.6. The minimum absolute atomic E-state index is 0.634. The van der Waals surface area contributed by atoms with Crippen LogP contribution in [0.2, 0.25) is 0 Å². The first kappa shape index (κ1) is 11.6. The van der Waals surface area contributed by atoms with Crippen molar-refractivity contribution in [3.8, 4) is 0 Å². The fourth-order valence-electron chi connectivity index (χ4n) is 2.39. The molecule has 2 heterocycles. The van der Waals surface area contributed by atoms with Crippen molar-refractivity contribution in [1.82, 2.24) is 15.4 Å². The minimum Gasteiger partial charge on any atom is -0.361 e. The predicted octanol–water partition coefficient (Wildman–Crippen LogP) is 1.48. The molecule has 1 fully saturated rings. The van der Waals surface area contributed by atoms with E-state index >= 15 is 0 Å². The minimum atomic E-state index is 0.634. The Morgan fingerprint density at radius 3 is 2.94 bits per heavy atom. The molecule has 1 N–H and O–H groups in total. The molecule has 1 unspecified atom stereocenters. The number of nitrogens with one attached hydrogen (secondary N) is 1. The Hall–Kier alpha value is -0.870. The van der Waals surface area contributed by atoms with Gasteiger partial charge in [0.15, 0.2) is 0 Å². The summed E-state index contributed by atoms with van der Waals surface area (Å²) in [5, 5.41) is 7.37. The fraction of sp³-hybridized carbons (Fsp3) is 0.750. The van der Waals surface area contributed by atoms with Gasteiger partial charge in [0.2, 0.25) is 0 Å². The van der Waals surface area contributed by atoms with E-state index in [2.05, 4.69) is 15.4 Å². The molecule has 0 amide bonds. The van der Waals surface area contributed by atoms with Crippen LogP contribution in [0.5, 0.6) is 0 Å². The van der Waals surface area contributed by atoms with Gasteiger partial charge in [0.25, 0.3) is 0 Å². The van der Waals surface area contributed by atoms with Crippen molar-refractivity contribution in [3.05, 3.63) is 17.0 Å². The highest BCUT2D eigenvalue weighted by molar-refractivity contribution is 5.20. The molecule has 0 radical (unpaired) electrons. The maximum atomic E-state index is 5.20. The van der Waals surface area contributed by atoms with Crippen molar-refractivity contribution in [1.29, 1.82) is 0 Å². The lowest BCUT2D eigenvalue weighted by atomic mass is 10.0. The molecule has 1 aromatic heterocycles. The number of hydrogen-bond acceptors (Lipinski definition) is 4. The maximum Gasteiger partial charge on any atom is 0.138 e. The van der Waals surface area contributed by atoms with Gasteiger partial charge in [0.1, 0.15) is 5.76 Å². The van der Waals surface area contributed by atoms with Crippen LogP contribution < -0.4 is 5.32 Å². The molecular weight excluding hydrogens is 202 g/mol. The van der Waals surface area contributed by atoms with Gasteiger partial charge in [0, 0.05) is 24.7 Å². The molecule has 1 aromatic rings. The van der Waals surface area contributed by atoms with E-state index < -0.39 is 0 Å². The van der Waals surface area contributed by atoms with Crippen molar-refractivity contribution >= 4 is 0 Å². The molecule has 4 nitrogen and oxygen atoms in total. The smallest absolute Gasteiger partial charge is 0.138 e. The quantitative estimate of drug-likeness (QED) is 0.842. The van der Waals surface area contributed by atoms with E-state index in [4.69, 9.17) is 4.52 Å². The topological polar surface area (TPSA) is 41.3 Å². The second-order valence-corrected chi connectivity index (χ2v) is 4.67. The zero-order chi connectivity index (χ0) is 11.5. The van der Waals surface area contributed by atoms with E-state index in [-0.39, 0.29) is 0 Å². The number of aryl methyl sites for hydroxylation is 2. The Balaban J connectivity index is 1.99. The molecule has 2 rings (SSSR count). The molecule has 4 heteroatoms. The summed E-state index contributed by atoms with van der Waals surface area (Å²) in [6.07, 6.45) is 2.56. The number of likely N-dealkylation sites (N-methyl/N-ethyl adjacent to an activating group) is 1. The summed E-state index contributed by atoms with van der Waals surface area (Å²) >= 11 is 0. The van der Waals surface area contributed by atoms with Crippen LogP contribution in [0.25, 0.3) is 0 Å². The summed E-state index contributed by atoms with van der Waals surface area (Å²) in [5.41, 5.74) is 2.29. The highest BCUT2D eigenvalue weighted by atomic mass is 16.5. The van der Waals surface area contributed by atoms with Crippen LogP contribution in [0.3, 0.4) is 0 Å². The standard InChI is InChI=1S/C12H21N3O/c1-9-12(10(2)16-14-9)8-15-6-4-5-11(7-15)13-3/h11,13H,4-8H2,1-3H3. The van der Waals surface area contributed by atoms with Crippen LogP contribution in [0.4, 0.5) is 0 Å². The number of piperidine rings is 1. The lowest BCUT2D eigenvalue weighted by Gasteiger charge is -2.32. The van der Waals surface area contributed by atoms with Crippen LogP contribution in [-0.4, -0.2) is 36.2 Å².